The number of aromatic nitrogens is 1. The Morgan fingerprint density at radius 3 is 2.31 bits per heavy atom. The number of oxime groups is 1. The van der Waals surface area contributed by atoms with Crippen LogP contribution in [-0.2, 0) is 11.4 Å². The van der Waals surface area contributed by atoms with E-state index in [0.717, 1.165) is 45.2 Å². The molecule has 0 N–H and O–H groups in total. The van der Waals surface area contributed by atoms with Gasteiger partial charge in [0.1, 0.15) is 12.4 Å². The summed E-state index contributed by atoms with van der Waals surface area (Å²) in [6.07, 6.45) is 0. The van der Waals surface area contributed by atoms with Crippen LogP contribution in [0.1, 0.15) is 29.3 Å². The van der Waals surface area contributed by atoms with Crippen LogP contribution in [-0.4, -0.2) is 17.4 Å². The van der Waals surface area contributed by atoms with Crippen molar-refractivity contribution in [1.29, 1.82) is 0 Å². The van der Waals surface area contributed by atoms with Gasteiger partial charge in [-0.05, 0) is 67.8 Å². The van der Waals surface area contributed by atoms with Crippen LogP contribution in [0.3, 0.4) is 0 Å². The summed E-state index contributed by atoms with van der Waals surface area (Å²) in [5, 5.41) is 4.42. The van der Waals surface area contributed by atoms with Gasteiger partial charge in [-0.15, -0.1) is 0 Å². The monoisotopic (exact) mass is 424 g/mol. The zero-order valence-electron chi connectivity index (χ0n) is 19.0. The van der Waals surface area contributed by atoms with Crippen molar-refractivity contribution in [2.75, 3.05) is 7.11 Å². The summed E-state index contributed by atoms with van der Waals surface area (Å²) >= 11 is 0. The maximum atomic E-state index is 5.68. The molecule has 0 aliphatic heterocycles. The van der Waals surface area contributed by atoms with Crippen LogP contribution in [0, 0.1) is 13.8 Å². The second-order valence-electron chi connectivity index (χ2n) is 7.87. The lowest BCUT2D eigenvalue weighted by atomic mass is 10.1. The van der Waals surface area contributed by atoms with E-state index in [1.807, 2.05) is 37.3 Å². The molecule has 0 bridgehead atoms. The van der Waals surface area contributed by atoms with E-state index in [2.05, 4.69) is 78.2 Å². The third kappa shape index (κ3) is 4.59. The largest absolute Gasteiger partial charge is 0.497 e. The lowest BCUT2D eigenvalue weighted by Gasteiger charge is -2.13. The van der Waals surface area contributed by atoms with Crippen molar-refractivity contribution in [2.24, 2.45) is 5.16 Å². The van der Waals surface area contributed by atoms with E-state index in [0.29, 0.717) is 6.61 Å². The third-order valence-corrected chi connectivity index (χ3v) is 5.56. The number of nitrogens with zero attached hydrogens (tertiary/aromatic N) is 2. The Hall–Kier alpha value is -3.79. The number of aryl methyl sites for hydroxylation is 1. The smallest absolute Gasteiger partial charge is 0.142 e. The second-order valence-corrected chi connectivity index (χ2v) is 7.87. The first-order valence-corrected chi connectivity index (χ1v) is 10.7. The van der Waals surface area contributed by atoms with Crippen molar-refractivity contribution in [1.82, 2.24) is 4.57 Å². The zero-order valence-corrected chi connectivity index (χ0v) is 19.0. The Bertz CT molecular complexity index is 1220. The molecule has 4 heteroatoms. The molecule has 0 unspecified atom stereocenters. The van der Waals surface area contributed by atoms with Gasteiger partial charge in [0.2, 0.25) is 0 Å². The van der Waals surface area contributed by atoms with Gasteiger partial charge in [0.15, 0.2) is 0 Å². The molecule has 4 nitrogen and oxygen atoms in total. The standard InChI is InChI=1S/C28H28N2O2/c1-20-9-8-12-25(17-20)30-22(3)27(18-28(30)24-10-6-5-7-11-24)21(2)29-32-19-23-13-15-26(31-4)16-14-23/h5-18H,19H2,1-4H3/b29-21+. The molecule has 3 aromatic carbocycles. The van der Waals surface area contributed by atoms with E-state index in [4.69, 9.17) is 9.57 Å². The molecule has 0 radical (unpaired) electrons. The first-order valence-electron chi connectivity index (χ1n) is 10.7. The molecule has 0 saturated heterocycles. The van der Waals surface area contributed by atoms with Gasteiger partial charge in [0.25, 0.3) is 0 Å². The molecule has 4 aromatic rings. The van der Waals surface area contributed by atoms with E-state index in [-0.39, 0.29) is 0 Å². The molecule has 0 amide bonds. The highest BCUT2D eigenvalue weighted by molar-refractivity contribution is 6.01. The SMILES string of the molecule is COc1ccc(CO/N=C(\C)c2cc(-c3ccccc3)n(-c3cccc(C)c3)c2C)cc1. The highest BCUT2D eigenvalue weighted by Crippen LogP contribution is 2.30. The second kappa shape index (κ2) is 9.56. The molecule has 0 aliphatic carbocycles. The number of hydrogen-bond acceptors (Lipinski definition) is 3. The maximum absolute atomic E-state index is 5.68. The van der Waals surface area contributed by atoms with E-state index >= 15 is 0 Å². The summed E-state index contributed by atoms with van der Waals surface area (Å²) in [6, 6.07) is 29.0. The van der Waals surface area contributed by atoms with Gasteiger partial charge in [0.05, 0.1) is 18.5 Å². The summed E-state index contributed by atoms with van der Waals surface area (Å²) in [5.41, 5.74) is 8.75. The van der Waals surface area contributed by atoms with Crippen LogP contribution < -0.4 is 4.74 Å². The van der Waals surface area contributed by atoms with E-state index in [1.54, 1.807) is 7.11 Å². The van der Waals surface area contributed by atoms with E-state index < -0.39 is 0 Å². The Morgan fingerprint density at radius 2 is 1.62 bits per heavy atom. The molecule has 0 fully saturated rings. The molecular weight excluding hydrogens is 396 g/mol. The van der Waals surface area contributed by atoms with Crippen LogP contribution in [0.25, 0.3) is 16.9 Å². The third-order valence-electron chi connectivity index (χ3n) is 5.56. The number of benzene rings is 3. The first kappa shape index (κ1) is 21.4. The Labute approximate surface area is 189 Å². The van der Waals surface area contributed by atoms with Gasteiger partial charge in [-0.25, -0.2) is 0 Å². The van der Waals surface area contributed by atoms with Crippen LogP contribution >= 0.6 is 0 Å². The lowest BCUT2D eigenvalue weighted by molar-refractivity contribution is 0.130. The highest BCUT2D eigenvalue weighted by atomic mass is 16.6. The normalized spacial score (nSPS) is 11.4. The molecule has 0 atom stereocenters. The predicted molar refractivity (Wildman–Crippen MR) is 131 cm³/mol. The van der Waals surface area contributed by atoms with Gasteiger partial charge in [0, 0.05) is 16.9 Å². The average molecular weight is 425 g/mol. The molecule has 162 valence electrons. The minimum absolute atomic E-state index is 0.407. The Balaban J connectivity index is 1.66. The van der Waals surface area contributed by atoms with Crippen molar-refractivity contribution < 1.29 is 9.57 Å². The van der Waals surface area contributed by atoms with Crippen LogP contribution in [0.15, 0.2) is 90.1 Å². The molecule has 1 aromatic heterocycles. The van der Waals surface area contributed by atoms with Crippen molar-refractivity contribution in [3.8, 4) is 22.7 Å². The van der Waals surface area contributed by atoms with Crippen molar-refractivity contribution in [3.05, 3.63) is 107 Å². The predicted octanol–water partition coefficient (Wildman–Crippen LogP) is 6.71. The van der Waals surface area contributed by atoms with Gasteiger partial charge < -0.3 is 14.1 Å². The number of rotatable bonds is 7. The molecule has 1 heterocycles. The summed E-state index contributed by atoms with van der Waals surface area (Å²) in [4.78, 5) is 5.68. The van der Waals surface area contributed by atoms with Crippen LogP contribution in [0.4, 0.5) is 0 Å². The number of methoxy groups -OCH3 is 1. The van der Waals surface area contributed by atoms with Crippen molar-refractivity contribution >= 4 is 5.71 Å². The fraction of sp³-hybridized carbons (Fsp3) is 0.179. The quantitative estimate of drug-likeness (QED) is 0.244. The van der Waals surface area contributed by atoms with Crippen molar-refractivity contribution in [2.45, 2.75) is 27.4 Å². The number of ether oxygens (including phenoxy) is 1. The summed E-state index contributed by atoms with van der Waals surface area (Å²) in [7, 11) is 1.66. The number of hydrogen-bond donors (Lipinski definition) is 0. The van der Waals surface area contributed by atoms with E-state index in [1.165, 1.54) is 5.56 Å². The molecule has 0 aliphatic rings. The Morgan fingerprint density at radius 1 is 0.875 bits per heavy atom. The minimum Gasteiger partial charge on any atom is -0.497 e. The topological polar surface area (TPSA) is 35.8 Å². The van der Waals surface area contributed by atoms with Gasteiger partial charge >= 0.3 is 0 Å². The zero-order chi connectivity index (χ0) is 22.5. The molecule has 0 spiro atoms. The molecular formula is C28H28N2O2. The van der Waals surface area contributed by atoms with Crippen molar-refractivity contribution in [3.63, 3.8) is 0 Å². The first-order chi connectivity index (χ1) is 15.6. The fourth-order valence-electron chi connectivity index (χ4n) is 3.87. The van der Waals surface area contributed by atoms with E-state index in [9.17, 15) is 0 Å². The maximum Gasteiger partial charge on any atom is 0.142 e. The van der Waals surface area contributed by atoms with Gasteiger partial charge in [-0.3, -0.25) is 0 Å². The summed E-state index contributed by atoms with van der Waals surface area (Å²) in [6.45, 7) is 6.65. The molecule has 4 rings (SSSR count). The van der Waals surface area contributed by atoms with Crippen LogP contribution in [0.5, 0.6) is 5.75 Å². The average Bonchev–Trinajstić information content (AvgIpc) is 3.17. The summed E-state index contributed by atoms with van der Waals surface area (Å²) in [5.74, 6) is 0.829. The molecule has 32 heavy (non-hydrogen) atoms. The lowest BCUT2D eigenvalue weighted by Crippen LogP contribution is -2.03. The van der Waals surface area contributed by atoms with Gasteiger partial charge in [-0.1, -0.05) is 59.8 Å². The fourth-order valence-corrected chi connectivity index (χ4v) is 3.87. The molecule has 0 saturated carbocycles. The van der Waals surface area contributed by atoms with Crippen LogP contribution in [0.2, 0.25) is 0 Å². The highest BCUT2D eigenvalue weighted by Gasteiger charge is 2.17. The Kier molecular flexibility index (Phi) is 6.41. The minimum atomic E-state index is 0.407. The van der Waals surface area contributed by atoms with Gasteiger partial charge in [-0.2, -0.15) is 0 Å². The summed E-state index contributed by atoms with van der Waals surface area (Å²) < 4.78 is 7.50.